The Morgan fingerprint density at radius 1 is 0.528 bits per heavy atom. The van der Waals surface area contributed by atoms with Crippen LogP contribution in [-0.4, -0.2) is 23.2 Å². The standard InChI is InChI=1S/C32H36N2O2/c1-3-5-7-13-19-35-29-21-27-28(22-30(29)36-20-14-8-6-4-2)34-32-26-18-12-10-16-24(26)23-15-9-11-17-25(23)31(32)33-27/h9-12,15-18,21-22H,3-8,13-14,19-20H2,1-2H3. The highest BCUT2D eigenvalue weighted by Gasteiger charge is 2.15. The molecule has 4 heteroatoms. The lowest BCUT2D eigenvalue weighted by molar-refractivity contribution is 0.259. The molecule has 0 aliphatic carbocycles. The molecule has 4 aromatic carbocycles. The van der Waals surface area contributed by atoms with E-state index >= 15 is 0 Å². The number of aromatic nitrogens is 2. The number of hydrogen-bond acceptors (Lipinski definition) is 4. The largest absolute Gasteiger partial charge is 0.490 e. The molecule has 1 aromatic heterocycles. The average molecular weight is 481 g/mol. The fraction of sp³-hybridized carbons (Fsp3) is 0.375. The fourth-order valence-corrected chi connectivity index (χ4v) is 4.94. The second kappa shape index (κ2) is 11.6. The lowest BCUT2D eigenvalue weighted by atomic mass is 9.99. The van der Waals surface area contributed by atoms with Crippen LogP contribution >= 0.6 is 0 Å². The fourth-order valence-electron chi connectivity index (χ4n) is 4.94. The number of benzene rings is 4. The summed E-state index contributed by atoms with van der Waals surface area (Å²) < 4.78 is 12.5. The van der Waals surface area contributed by atoms with Crippen LogP contribution in [0.1, 0.15) is 65.2 Å². The van der Waals surface area contributed by atoms with Crippen LogP contribution in [0.15, 0.2) is 60.7 Å². The molecule has 0 N–H and O–H groups in total. The van der Waals surface area contributed by atoms with Crippen molar-refractivity contribution < 1.29 is 9.47 Å². The first kappa shape index (κ1) is 24.3. The summed E-state index contributed by atoms with van der Waals surface area (Å²) in [6.07, 6.45) is 9.35. The Morgan fingerprint density at radius 3 is 1.36 bits per heavy atom. The molecule has 0 bridgehead atoms. The first-order valence-electron chi connectivity index (χ1n) is 13.6. The van der Waals surface area contributed by atoms with E-state index in [2.05, 4.69) is 62.4 Å². The van der Waals surface area contributed by atoms with Crippen LogP contribution in [0.2, 0.25) is 0 Å². The van der Waals surface area contributed by atoms with Crippen LogP contribution in [0.4, 0.5) is 0 Å². The summed E-state index contributed by atoms with van der Waals surface area (Å²) in [5.41, 5.74) is 3.53. The van der Waals surface area contributed by atoms with Crippen molar-refractivity contribution in [3.05, 3.63) is 60.7 Å². The third-order valence-electron chi connectivity index (χ3n) is 6.90. The minimum absolute atomic E-state index is 0.687. The summed E-state index contributed by atoms with van der Waals surface area (Å²) in [4.78, 5) is 10.3. The first-order valence-corrected chi connectivity index (χ1v) is 13.6. The predicted octanol–water partition coefficient (Wildman–Crippen LogP) is 9.01. The Balaban J connectivity index is 1.59. The highest BCUT2D eigenvalue weighted by Crippen LogP contribution is 2.37. The molecule has 0 aliphatic rings. The van der Waals surface area contributed by atoms with Gasteiger partial charge in [-0.25, -0.2) is 9.97 Å². The van der Waals surface area contributed by atoms with Gasteiger partial charge >= 0.3 is 0 Å². The lowest BCUT2D eigenvalue weighted by Crippen LogP contribution is -2.03. The maximum Gasteiger partial charge on any atom is 0.163 e. The Bertz CT molecular complexity index is 1370. The zero-order chi connectivity index (χ0) is 24.7. The van der Waals surface area contributed by atoms with Crippen molar-refractivity contribution in [1.82, 2.24) is 9.97 Å². The zero-order valence-electron chi connectivity index (χ0n) is 21.6. The van der Waals surface area contributed by atoms with Crippen molar-refractivity contribution in [2.45, 2.75) is 65.2 Å². The molecule has 4 nitrogen and oxygen atoms in total. The molecule has 5 rings (SSSR count). The molecular formula is C32H36N2O2. The van der Waals surface area contributed by atoms with Crippen molar-refractivity contribution >= 4 is 43.6 Å². The van der Waals surface area contributed by atoms with E-state index in [4.69, 9.17) is 19.4 Å². The van der Waals surface area contributed by atoms with Gasteiger partial charge in [0, 0.05) is 22.9 Å². The van der Waals surface area contributed by atoms with Crippen LogP contribution in [0.25, 0.3) is 43.6 Å². The molecule has 0 fully saturated rings. The van der Waals surface area contributed by atoms with Crippen LogP contribution in [0.3, 0.4) is 0 Å². The van der Waals surface area contributed by atoms with Gasteiger partial charge in [-0.2, -0.15) is 0 Å². The molecule has 186 valence electrons. The Kier molecular flexibility index (Phi) is 7.80. The SMILES string of the molecule is CCCCCCOc1cc2nc3c4ccccc4c4ccccc4c3nc2cc1OCCCCCC. The monoisotopic (exact) mass is 480 g/mol. The van der Waals surface area contributed by atoms with Gasteiger partial charge in [0.1, 0.15) is 0 Å². The van der Waals surface area contributed by atoms with E-state index in [0.717, 1.165) is 57.2 Å². The van der Waals surface area contributed by atoms with Gasteiger partial charge in [0.15, 0.2) is 11.5 Å². The van der Waals surface area contributed by atoms with Crippen LogP contribution in [0.5, 0.6) is 11.5 Å². The minimum Gasteiger partial charge on any atom is -0.490 e. The van der Waals surface area contributed by atoms with Crippen LogP contribution in [0, 0.1) is 0 Å². The van der Waals surface area contributed by atoms with Gasteiger partial charge in [0.25, 0.3) is 0 Å². The van der Waals surface area contributed by atoms with Crippen molar-refractivity contribution in [2.75, 3.05) is 13.2 Å². The number of unbranched alkanes of at least 4 members (excludes halogenated alkanes) is 6. The molecule has 0 amide bonds. The van der Waals surface area contributed by atoms with Gasteiger partial charge in [-0.15, -0.1) is 0 Å². The van der Waals surface area contributed by atoms with Gasteiger partial charge in [0.2, 0.25) is 0 Å². The number of ether oxygens (including phenoxy) is 2. The second-order valence-electron chi connectivity index (χ2n) is 9.62. The van der Waals surface area contributed by atoms with E-state index in [-0.39, 0.29) is 0 Å². The maximum atomic E-state index is 6.25. The van der Waals surface area contributed by atoms with E-state index in [1.807, 2.05) is 12.1 Å². The van der Waals surface area contributed by atoms with Crippen molar-refractivity contribution in [3.63, 3.8) is 0 Å². The average Bonchev–Trinajstić information content (AvgIpc) is 2.92. The van der Waals surface area contributed by atoms with Crippen LogP contribution in [-0.2, 0) is 0 Å². The predicted molar refractivity (Wildman–Crippen MR) is 151 cm³/mol. The lowest BCUT2D eigenvalue weighted by Gasteiger charge is -2.15. The van der Waals surface area contributed by atoms with Gasteiger partial charge < -0.3 is 9.47 Å². The van der Waals surface area contributed by atoms with E-state index in [1.165, 1.54) is 49.3 Å². The zero-order valence-corrected chi connectivity index (χ0v) is 21.6. The molecule has 0 spiro atoms. The van der Waals surface area contributed by atoms with Crippen LogP contribution < -0.4 is 9.47 Å². The van der Waals surface area contributed by atoms with Gasteiger partial charge in [-0.3, -0.25) is 0 Å². The molecule has 0 saturated heterocycles. The normalized spacial score (nSPS) is 11.6. The summed E-state index contributed by atoms with van der Waals surface area (Å²) in [6, 6.07) is 21.0. The van der Waals surface area contributed by atoms with Gasteiger partial charge in [-0.1, -0.05) is 101 Å². The molecule has 0 atom stereocenters. The van der Waals surface area contributed by atoms with E-state index in [1.54, 1.807) is 0 Å². The number of nitrogens with zero attached hydrogens (tertiary/aromatic N) is 2. The Labute approximate surface area is 213 Å². The van der Waals surface area contributed by atoms with Gasteiger partial charge in [0.05, 0.1) is 35.3 Å². The molecule has 0 saturated carbocycles. The van der Waals surface area contributed by atoms with Gasteiger partial charge in [-0.05, 0) is 23.6 Å². The molecule has 0 unspecified atom stereocenters. The van der Waals surface area contributed by atoms with E-state index in [0.29, 0.717) is 13.2 Å². The second-order valence-corrected chi connectivity index (χ2v) is 9.62. The summed E-state index contributed by atoms with van der Waals surface area (Å²) in [7, 11) is 0. The third-order valence-corrected chi connectivity index (χ3v) is 6.90. The highest BCUT2D eigenvalue weighted by molar-refractivity contribution is 6.23. The smallest absolute Gasteiger partial charge is 0.163 e. The summed E-state index contributed by atoms with van der Waals surface area (Å²) >= 11 is 0. The first-order chi connectivity index (χ1) is 17.8. The molecule has 0 aliphatic heterocycles. The maximum absolute atomic E-state index is 6.25. The van der Waals surface area contributed by atoms with E-state index in [9.17, 15) is 0 Å². The quantitative estimate of drug-likeness (QED) is 0.101. The molecule has 0 radical (unpaired) electrons. The third kappa shape index (κ3) is 5.09. The molecule has 36 heavy (non-hydrogen) atoms. The Morgan fingerprint density at radius 2 is 0.944 bits per heavy atom. The topological polar surface area (TPSA) is 44.2 Å². The number of hydrogen-bond donors (Lipinski definition) is 0. The van der Waals surface area contributed by atoms with Crippen molar-refractivity contribution in [2.24, 2.45) is 0 Å². The molecule has 1 heterocycles. The molecular weight excluding hydrogens is 444 g/mol. The summed E-state index contributed by atoms with van der Waals surface area (Å²) in [5.74, 6) is 1.54. The highest BCUT2D eigenvalue weighted by atomic mass is 16.5. The molecule has 5 aromatic rings. The van der Waals surface area contributed by atoms with E-state index < -0.39 is 0 Å². The summed E-state index contributed by atoms with van der Waals surface area (Å²) in [6.45, 7) is 5.83. The van der Waals surface area contributed by atoms with Crippen molar-refractivity contribution in [3.8, 4) is 11.5 Å². The number of fused-ring (bicyclic) bond motifs is 7. The Hall–Kier alpha value is -3.40. The number of rotatable bonds is 12. The summed E-state index contributed by atoms with van der Waals surface area (Å²) in [5, 5.41) is 4.65. The van der Waals surface area contributed by atoms with Crippen molar-refractivity contribution in [1.29, 1.82) is 0 Å². The minimum atomic E-state index is 0.687.